The van der Waals surface area contributed by atoms with Crippen molar-refractivity contribution in [1.29, 1.82) is 0 Å². The van der Waals surface area contributed by atoms with E-state index in [-0.39, 0.29) is 11.5 Å². The van der Waals surface area contributed by atoms with Gasteiger partial charge in [-0.1, -0.05) is 6.07 Å². The highest BCUT2D eigenvalue weighted by molar-refractivity contribution is 6.02. The van der Waals surface area contributed by atoms with E-state index < -0.39 is 5.91 Å². The molecular formula is C21H23FN4O3. The van der Waals surface area contributed by atoms with Crippen LogP contribution in [0.5, 0.6) is 0 Å². The number of hydrogen-bond acceptors (Lipinski definition) is 6. The van der Waals surface area contributed by atoms with Gasteiger partial charge in [0.05, 0.1) is 19.4 Å². The van der Waals surface area contributed by atoms with Crippen LogP contribution in [0.3, 0.4) is 0 Å². The van der Waals surface area contributed by atoms with Gasteiger partial charge < -0.3 is 14.2 Å². The number of carbonyl (C=O) groups excluding carboxylic acids is 1. The average molecular weight is 398 g/mol. The van der Waals surface area contributed by atoms with Gasteiger partial charge >= 0.3 is 0 Å². The number of halogens is 1. The third-order valence-corrected chi connectivity index (χ3v) is 5.00. The van der Waals surface area contributed by atoms with Crippen LogP contribution in [-0.2, 0) is 13.1 Å². The molecule has 0 spiro atoms. The van der Waals surface area contributed by atoms with Gasteiger partial charge in [-0.2, -0.15) is 0 Å². The fraction of sp³-hybridized carbons (Fsp3) is 0.333. The molecule has 1 aromatic carbocycles. The Kier molecular flexibility index (Phi) is 5.73. The molecular weight excluding hydrogens is 375 g/mol. The predicted octanol–water partition coefficient (Wildman–Crippen LogP) is 3.29. The standard InChI is InChI=1S/C21H23FN4O3/c1-15-4-5-16(11-18(15)22)23-21(27)19-14-29-20(24-19)13-26-8-6-25(7-9-26)12-17-3-2-10-28-17/h2-5,10-11,14H,6-9,12-13H2,1H3,(H,23,27). The number of oxazole rings is 1. The highest BCUT2D eigenvalue weighted by atomic mass is 19.1. The van der Waals surface area contributed by atoms with E-state index in [2.05, 4.69) is 20.1 Å². The second-order valence-electron chi connectivity index (χ2n) is 7.18. The van der Waals surface area contributed by atoms with Crippen LogP contribution >= 0.6 is 0 Å². The molecule has 2 aromatic heterocycles. The number of amides is 1. The zero-order valence-corrected chi connectivity index (χ0v) is 16.2. The Balaban J connectivity index is 1.28. The lowest BCUT2D eigenvalue weighted by molar-refractivity contribution is 0.102. The van der Waals surface area contributed by atoms with E-state index in [1.165, 1.54) is 12.3 Å². The van der Waals surface area contributed by atoms with E-state index in [0.29, 0.717) is 23.7 Å². The maximum absolute atomic E-state index is 13.6. The highest BCUT2D eigenvalue weighted by Gasteiger charge is 2.20. The number of nitrogens with zero attached hydrogens (tertiary/aromatic N) is 3. The zero-order valence-electron chi connectivity index (χ0n) is 16.2. The third-order valence-electron chi connectivity index (χ3n) is 5.00. The fourth-order valence-corrected chi connectivity index (χ4v) is 3.27. The molecule has 0 bridgehead atoms. The van der Waals surface area contributed by atoms with Gasteiger partial charge in [0.15, 0.2) is 5.69 Å². The second-order valence-corrected chi connectivity index (χ2v) is 7.18. The van der Waals surface area contributed by atoms with Crippen LogP contribution in [0.1, 0.15) is 27.7 Å². The first-order valence-corrected chi connectivity index (χ1v) is 9.56. The molecule has 1 amide bonds. The molecule has 0 atom stereocenters. The zero-order chi connectivity index (χ0) is 20.2. The number of anilines is 1. The molecule has 1 aliphatic heterocycles. The smallest absolute Gasteiger partial charge is 0.277 e. The van der Waals surface area contributed by atoms with Gasteiger partial charge in [-0.3, -0.25) is 14.6 Å². The fourth-order valence-electron chi connectivity index (χ4n) is 3.27. The Bertz CT molecular complexity index is 962. The van der Waals surface area contributed by atoms with E-state index in [4.69, 9.17) is 8.83 Å². The van der Waals surface area contributed by atoms with Crippen LogP contribution in [0.2, 0.25) is 0 Å². The maximum Gasteiger partial charge on any atom is 0.277 e. The first-order valence-electron chi connectivity index (χ1n) is 9.56. The monoisotopic (exact) mass is 398 g/mol. The van der Waals surface area contributed by atoms with Crippen molar-refractivity contribution in [2.45, 2.75) is 20.0 Å². The SMILES string of the molecule is Cc1ccc(NC(=O)c2coc(CN3CCN(Cc4ccco4)CC3)n2)cc1F. The van der Waals surface area contributed by atoms with Crippen molar-refractivity contribution >= 4 is 11.6 Å². The summed E-state index contributed by atoms with van der Waals surface area (Å²) in [5.41, 5.74) is 1.09. The average Bonchev–Trinajstić information content (AvgIpc) is 3.38. The van der Waals surface area contributed by atoms with Crippen LogP contribution in [0.25, 0.3) is 0 Å². The quantitative estimate of drug-likeness (QED) is 0.687. The topological polar surface area (TPSA) is 74.8 Å². The molecule has 0 aliphatic carbocycles. The predicted molar refractivity (Wildman–Crippen MR) is 105 cm³/mol. The van der Waals surface area contributed by atoms with Gasteiger partial charge in [0.25, 0.3) is 5.91 Å². The minimum atomic E-state index is -0.425. The van der Waals surface area contributed by atoms with Crippen molar-refractivity contribution in [3.63, 3.8) is 0 Å². The van der Waals surface area contributed by atoms with Gasteiger partial charge in [-0.15, -0.1) is 0 Å². The largest absolute Gasteiger partial charge is 0.468 e. The van der Waals surface area contributed by atoms with E-state index in [1.54, 1.807) is 25.3 Å². The molecule has 0 saturated carbocycles. The molecule has 1 saturated heterocycles. The maximum atomic E-state index is 13.6. The number of aryl methyl sites for hydroxylation is 1. The first-order chi connectivity index (χ1) is 14.1. The number of carbonyl (C=O) groups is 1. The van der Waals surface area contributed by atoms with Crippen molar-refractivity contribution in [1.82, 2.24) is 14.8 Å². The Morgan fingerprint density at radius 1 is 1.14 bits per heavy atom. The minimum Gasteiger partial charge on any atom is -0.468 e. The van der Waals surface area contributed by atoms with Gasteiger partial charge in [-0.25, -0.2) is 9.37 Å². The Labute approximate surface area is 168 Å². The summed E-state index contributed by atoms with van der Waals surface area (Å²) in [5.74, 6) is 0.668. The summed E-state index contributed by atoms with van der Waals surface area (Å²) in [4.78, 5) is 21.2. The molecule has 0 radical (unpaired) electrons. The van der Waals surface area contributed by atoms with Crippen molar-refractivity contribution in [2.24, 2.45) is 0 Å². The van der Waals surface area contributed by atoms with Crippen molar-refractivity contribution < 1.29 is 18.0 Å². The summed E-state index contributed by atoms with van der Waals surface area (Å²) >= 11 is 0. The molecule has 8 heteroatoms. The number of benzene rings is 1. The van der Waals surface area contributed by atoms with Crippen molar-refractivity contribution in [2.75, 3.05) is 31.5 Å². The number of furan rings is 1. The molecule has 1 N–H and O–H groups in total. The molecule has 3 heterocycles. The van der Waals surface area contributed by atoms with Crippen LogP contribution in [0, 0.1) is 12.7 Å². The Morgan fingerprint density at radius 2 is 1.90 bits per heavy atom. The summed E-state index contributed by atoms with van der Waals surface area (Å²) in [6.45, 7) is 6.63. The van der Waals surface area contributed by atoms with Crippen LogP contribution < -0.4 is 5.32 Å². The molecule has 29 heavy (non-hydrogen) atoms. The van der Waals surface area contributed by atoms with E-state index in [1.807, 2.05) is 12.1 Å². The first kappa shape index (κ1) is 19.4. The molecule has 0 unspecified atom stereocenters. The second kappa shape index (κ2) is 8.59. The van der Waals surface area contributed by atoms with Crippen LogP contribution in [0.4, 0.5) is 10.1 Å². The van der Waals surface area contributed by atoms with E-state index in [9.17, 15) is 9.18 Å². The summed E-state index contributed by atoms with van der Waals surface area (Å²) < 4.78 is 24.5. The summed E-state index contributed by atoms with van der Waals surface area (Å²) in [6, 6.07) is 8.44. The third kappa shape index (κ3) is 4.90. The molecule has 1 fully saturated rings. The number of rotatable bonds is 6. The number of hydrogen-bond donors (Lipinski definition) is 1. The van der Waals surface area contributed by atoms with Crippen molar-refractivity contribution in [3.05, 3.63) is 71.6 Å². The molecule has 3 aromatic rings. The van der Waals surface area contributed by atoms with Gasteiger partial charge in [0.2, 0.25) is 5.89 Å². The number of nitrogens with one attached hydrogen (secondary N) is 1. The molecule has 7 nitrogen and oxygen atoms in total. The summed E-state index contributed by atoms with van der Waals surface area (Å²) in [5, 5.41) is 2.64. The van der Waals surface area contributed by atoms with E-state index in [0.717, 1.165) is 38.5 Å². The normalized spacial score (nSPS) is 15.5. The lowest BCUT2D eigenvalue weighted by Crippen LogP contribution is -2.45. The molecule has 4 rings (SSSR count). The Hall–Kier alpha value is -2.97. The van der Waals surface area contributed by atoms with E-state index >= 15 is 0 Å². The molecule has 152 valence electrons. The lowest BCUT2D eigenvalue weighted by Gasteiger charge is -2.33. The van der Waals surface area contributed by atoms with Gasteiger partial charge in [0, 0.05) is 31.9 Å². The number of piperazine rings is 1. The molecule has 1 aliphatic rings. The van der Waals surface area contributed by atoms with Crippen LogP contribution in [0.15, 0.2) is 51.7 Å². The summed E-state index contributed by atoms with van der Waals surface area (Å²) in [7, 11) is 0. The Morgan fingerprint density at radius 3 is 2.59 bits per heavy atom. The number of aromatic nitrogens is 1. The summed E-state index contributed by atoms with van der Waals surface area (Å²) in [6.07, 6.45) is 3.03. The van der Waals surface area contributed by atoms with Crippen molar-refractivity contribution in [3.8, 4) is 0 Å². The lowest BCUT2D eigenvalue weighted by atomic mass is 10.2. The van der Waals surface area contributed by atoms with Gasteiger partial charge in [0.1, 0.15) is 17.8 Å². The minimum absolute atomic E-state index is 0.178. The highest BCUT2D eigenvalue weighted by Crippen LogP contribution is 2.16. The van der Waals surface area contributed by atoms with Gasteiger partial charge in [-0.05, 0) is 36.8 Å². The van der Waals surface area contributed by atoms with Crippen LogP contribution in [-0.4, -0.2) is 46.9 Å².